The van der Waals surface area contributed by atoms with Crippen LogP contribution in [0.5, 0.6) is 5.75 Å². The lowest BCUT2D eigenvalue weighted by atomic mass is 10.1. The number of carbonyl (C=O) groups excluding carboxylic acids is 1. The number of benzene rings is 1. The Balaban J connectivity index is 2.91. The predicted molar refractivity (Wildman–Crippen MR) is 72.6 cm³/mol. The number of carbonyl (C=O) groups is 3. The number of aliphatic carboxylic acids is 2. The summed E-state index contributed by atoms with van der Waals surface area (Å²) in [5.74, 6) is -2.77. The summed E-state index contributed by atoms with van der Waals surface area (Å²) in [7, 11) is 0. The molecule has 21 heavy (non-hydrogen) atoms. The molecule has 0 radical (unpaired) electrons. The number of carboxylic acid groups (broad SMARTS) is 2. The fourth-order valence-electron chi connectivity index (χ4n) is 1.66. The molecule has 0 unspecified atom stereocenters. The van der Waals surface area contributed by atoms with Crippen molar-refractivity contribution in [1.82, 2.24) is 5.06 Å². The average molecular weight is 295 g/mol. The zero-order valence-corrected chi connectivity index (χ0v) is 11.8. The third-order valence-electron chi connectivity index (χ3n) is 2.73. The first-order valence-corrected chi connectivity index (χ1v) is 6.30. The highest BCUT2D eigenvalue weighted by atomic mass is 16.7. The van der Waals surface area contributed by atoms with E-state index in [1.807, 2.05) is 6.92 Å². The molecule has 1 aromatic rings. The molecule has 0 spiro atoms. The van der Waals surface area contributed by atoms with Gasteiger partial charge in [-0.15, -0.1) is 0 Å². The van der Waals surface area contributed by atoms with Gasteiger partial charge in [-0.3, -0.25) is 9.59 Å². The minimum atomic E-state index is -1.36. The van der Waals surface area contributed by atoms with E-state index in [1.165, 1.54) is 0 Å². The molecule has 7 nitrogen and oxygen atoms in total. The number of aryl methyl sites for hydroxylation is 1. The maximum atomic E-state index is 11.6. The van der Waals surface area contributed by atoms with Crippen molar-refractivity contribution in [2.24, 2.45) is 0 Å². The van der Waals surface area contributed by atoms with E-state index in [-0.39, 0.29) is 12.8 Å². The summed E-state index contributed by atoms with van der Waals surface area (Å²) in [6.07, 6.45) is -0.617. The summed E-state index contributed by atoms with van der Waals surface area (Å²) in [6, 6.07) is 5.34. The largest absolute Gasteiger partial charge is 0.481 e. The van der Waals surface area contributed by atoms with Crippen molar-refractivity contribution in [2.45, 2.75) is 32.7 Å². The monoisotopic (exact) mass is 295 g/mol. The van der Waals surface area contributed by atoms with E-state index in [9.17, 15) is 14.4 Å². The van der Waals surface area contributed by atoms with Gasteiger partial charge >= 0.3 is 11.9 Å². The Kier molecular flexibility index (Phi) is 5.71. The molecule has 0 saturated heterocycles. The number of carboxylic acids is 2. The van der Waals surface area contributed by atoms with Crippen molar-refractivity contribution in [1.29, 1.82) is 0 Å². The van der Waals surface area contributed by atoms with Gasteiger partial charge in [0.2, 0.25) is 0 Å². The molecule has 7 heteroatoms. The maximum absolute atomic E-state index is 11.6. The van der Waals surface area contributed by atoms with Crippen molar-refractivity contribution >= 4 is 17.8 Å². The number of nitrogens with zero attached hydrogens (tertiary/aromatic N) is 1. The van der Waals surface area contributed by atoms with Crippen LogP contribution in [0.4, 0.5) is 0 Å². The normalized spacial score (nSPS) is 11.5. The molecule has 2 N–H and O–H groups in total. The van der Waals surface area contributed by atoms with E-state index in [0.29, 0.717) is 10.8 Å². The second-order valence-electron chi connectivity index (χ2n) is 4.54. The summed E-state index contributed by atoms with van der Waals surface area (Å²) in [4.78, 5) is 38.7. The standard InChI is InChI=1S/C14H17NO6/c1-9-3-5-11(6-4-9)21-15(10(2)16)12(14(19)20)7-8-13(17)18/h3-6,12H,7-8H2,1-2H3,(H,17,18)(H,19,20)/t12-/m0/s1. The zero-order chi connectivity index (χ0) is 16.0. The molecule has 1 aromatic carbocycles. The molecule has 0 saturated carbocycles. The first kappa shape index (κ1) is 16.5. The van der Waals surface area contributed by atoms with E-state index >= 15 is 0 Å². The Morgan fingerprint density at radius 3 is 2.19 bits per heavy atom. The Morgan fingerprint density at radius 1 is 1.19 bits per heavy atom. The van der Waals surface area contributed by atoms with Crippen LogP contribution in [0.1, 0.15) is 25.3 Å². The van der Waals surface area contributed by atoms with E-state index < -0.39 is 23.9 Å². The fraction of sp³-hybridized carbons (Fsp3) is 0.357. The number of hydroxylamine groups is 2. The Hall–Kier alpha value is -2.57. The molecular weight excluding hydrogens is 278 g/mol. The number of rotatable bonds is 7. The Morgan fingerprint density at radius 2 is 1.76 bits per heavy atom. The highest BCUT2D eigenvalue weighted by Crippen LogP contribution is 2.17. The quantitative estimate of drug-likeness (QED) is 0.738. The molecule has 114 valence electrons. The first-order chi connectivity index (χ1) is 9.81. The molecule has 1 atom stereocenters. The van der Waals surface area contributed by atoms with Gasteiger partial charge in [0.15, 0.2) is 11.8 Å². The van der Waals surface area contributed by atoms with Gasteiger partial charge in [0.05, 0.1) is 0 Å². The van der Waals surface area contributed by atoms with Crippen LogP contribution in [0.3, 0.4) is 0 Å². The molecule has 1 amide bonds. The van der Waals surface area contributed by atoms with Crippen LogP contribution in [0.2, 0.25) is 0 Å². The molecule has 0 fully saturated rings. The van der Waals surface area contributed by atoms with E-state index in [0.717, 1.165) is 12.5 Å². The van der Waals surface area contributed by atoms with Gasteiger partial charge in [0.1, 0.15) is 0 Å². The highest BCUT2D eigenvalue weighted by Gasteiger charge is 2.30. The summed E-state index contributed by atoms with van der Waals surface area (Å²) in [5, 5.41) is 18.5. The van der Waals surface area contributed by atoms with Crippen molar-refractivity contribution in [3.8, 4) is 5.75 Å². The van der Waals surface area contributed by atoms with Crippen molar-refractivity contribution in [3.05, 3.63) is 29.8 Å². The molecule has 0 aliphatic rings. The minimum Gasteiger partial charge on any atom is -0.481 e. The van der Waals surface area contributed by atoms with Gasteiger partial charge in [-0.05, 0) is 25.5 Å². The van der Waals surface area contributed by atoms with Crippen LogP contribution in [0.25, 0.3) is 0 Å². The van der Waals surface area contributed by atoms with Crippen LogP contribution >= 0.6 is 0 Å². The van der Waals surface area contributed by atoms with Gasteiger partial charge in [0, 0.05) is 13.3 Å². The molecule has 0 bridgehead atoms. The number of hydrogen-bond acceptors (Lipinski definition) is 4. The van der Waals surface area contributed by atoms with Crippen LogP contribution < -0.4 is 4.84 Å². The predicted octanol–water partition coefficient (Wildman–Crippen LogP) is 1.46. The second-order valence-corrected chi connectivity index (χ2v) is 4.54. The Labute approximate surface area is 121 Å². The van der Waals surface area contributed by atoms with Crippen LogP contribution in [0, 0.1) is 6.92 Å². The second kappa shape index (κ2) is 7.28. The topological polar surface area (TPSA) is 104 Å². The smallest absolute Gasteiger partial charge is 0.330 e. The molecule has 0 heterocycles. The third kappa shape index (κ3) is 5.13. The van der Waals surface area contributed by atoms with E-state index in [1.54, 1.807) is 24.3 Å². The van der Waals surface area contributed by atoms with E-state index in [4.69, 9.17) is 15.1 Å². The van der Waals surface area contributed by atoms with Gasteiger partial charge in [-0.25, -0.2) is 4.79 Å². The lowest BCUT2D eigenvalue weighted by molar-refractivity contribution is -0.177. The summed E-state index contributed by atoms with van der Waals surface area (Å²) in [6.45, 7) is 3.03. The van der Waals surface area contributed by atoms with Crippen molar-refractivity contribution in [3.63, 3.8) is 0 Å². The van der Waals surface area contributed by atoms with Gasteiger partial charge < -0.3 is 15.1 Å². The zero-order valence-electron chi connectivity index (χ0n) is 11.8. The summed E-state index contributed by atoms with van der Waals surface area (Å²) < 4.78 is 0. The third-order valence-corrected chi connectivity index (χ3v) is 2.73. The molecule has 0 aliphatic heterocycles. The van der Waals surface area contributed by atoms with Crippen LogP contribution in [-0.2, 0) is 14.4 Å². The lowest BCUT2D eigenvalue weighted by Crippen LogP contribution is -2.46. The SMILES string of the molecule is CC(=O)N(Oc1ccc(C)cc1)[C@@H](CCC(=O)O)C(=O)O. The number of hydrogen-bond donors (Lipinski definition) is 2. The lowest BCUT2D eigenvalue weighted by Gasteiger charge is -2.26. The van der Waals surface area contributed by atoms with Gasteiger partial charge in [0.25, 0.3) is 5.91 Å². The van der Waals surface area contributed by atoms with Crippen LogP contribution in [0.15, 0.2) is 24.3 Å². The Bertz CT molecular complexity index is 525. The number of amides is 1. The van der Waals surface area contributed by atoms with Gasteiger partial charge in [-0.2, -0.15) is 5.06 Å². The molecule has 0 aromatic heterocycles. The van der Waals surface area contributed by atoms with Crippen LogP contribution in [-0.4, -0.2) is 39.2 Å². The average Bonchev–Trinajstić information content (AvgIpc) is 2.39. The summed E-state index contributed by atoms with van der Waals surface area (Å²) in [5.41, 5.74) is 0.984. The minimum absolute atomic E-state index is 0.240. The fourth-order valence-corrected chi connectivity index (χ4v) is 1.66. The van der Waals surface area contributed by atoms with Crippen molar-refractivity contribution in [2.75, 3.05) is 0 Å². The first-order valence-electron chi connectivity index (χ1n) is 6.30. The van der Waals surface area contributed by atoms with E-state index in [2.05, 4.69) is 0 Å². The molecular formula is C14H17NO6. The van der Waals surface area contributed by atoms with Gasteiger partial charge in [-0.1, -0.05) is 17.7 Å². The molecule has 1 rings (SSSR count). The highest BCUT2D eigenvalue weighted by molar-refractivity contribution is 5.82. The summed E-state index contributed by atoms with van der Waals surface area (Å²) >= 11 is 0. The van der Waals surface area contributed by atoms with Crippen molar-refractivity contribution < 1.29 is 29.4 Å². The maximum Gasteiger partial charge on any atom is 0.330 e. The molecule has 0 aliphatic carbocycles.